The topological polar surface area (TPSA) is 57.5 Å². The first-order chi connectivity index (χ1) is 17.2. The van der Waals surface area contributed by atoms with Gasteiger partial charge in [-0.05, 0) is 52.6 Å². The first-order valence-electron chi connectivity index (χ1n) is 11.6. The Labute approximate surface area is 203 Å². The van der Waals surface area contributed by atoms with Crippen LogP contribution in [0, 0.1) is 0 Å². The Balaban J connectivity index is 1.15. The quantitative estimate of drug-likeness (QED) is 0.143. The molecule has 5 aromatic rings. The van der Waals surface area contributed by atoms with Crippen molar-refractivity contribution >= 4 is 33.7 Å². The minimum atomic E-state index is 0.0175. The van der Waals surface area contributed by atoms with Crippen LogP contribution in [-0.2, 0) is 11.3 Å². The van der Waals surface area contributed by atoms with Crippen LogP contribution in [-0.4, -0.2) is 29.9 Å². The summed E-state index contributed by atoms with van der Waals surface area (Å²) in [6.07, 6.45) is 3.53. The smallest absolute Gasteiger partial charge is 0.193 e. The second kappa shape index (κ2) is 10.3. The van der Waals surface area contributed by atoms with E-state index in [9.17, 15) is 9.59 Å². The van der Waals surface area contributed by atoms with Crippen LogP contribution in [0.2, 0.25) is 0 Å². The van der Waals surface area contributed by atoms with Crippen LogP contribution >= 0.6 is 0 Å². The second-order valence-corrected chi connectivity index (χ2v) is 8.32. The van der Waals surface area contributed by atoms with E-state index < -0.39 is 0 Å². The fourth-order valence-corrected chi connectivity index (χ4v) is 4.14. The van der Waals surface area contributed by atoms with Crippen molar-refractivity contribution in [3.8, 4) is 11.5 Å². The largest absolute Gasteiger partial charge is 0.493 e. The van der Waals surface area contributed by atoms with Gasteiger partial charge in [-0.25, -0.2) is 0 Å². The molecule has 35 heavy (non-hydrogen) atoms. The molecule has 0 fully saturated rings. The van der Waals surface area contributed by atoms with Crippen molar-refractivity contribution in [3.05, 3.63) is 108 Å². The molecule has 0 aliphatic carbocycles. The van der Waals surface area contributed by atoms with E-state index in [1.54, 1.807) is 0 Å². The summed E-state index contributed by atoms with van der Waals surface area (Å²) >= 11 is 0. The molecule has 174 valence electrons. The Hall–Kier alpha value is -4.38. The third-order valence-electron chi connectivity index (χ3n) is 5.95. The maximum atomic E-state index is 12.7. The Kier molecular flexibility index (Phi) is 6.57. The number of fused-ring (bicyclic) bond motifs is 2. The highest BCUT2D eigenvalue weighted by Crippen LogP contribution is 2.24. The van der Waals surface area contributed by atoms with Crippen molar-refractivity contribution in [2.45, 2.75) is 13.0 Å². The number of ether oxygens (including phenoxy) is 2. The summed E-state index contributed by atoms with van der Waals surface area (Å²) in [6, 6.07) is 28.8. The van der Waals surface area contributed by atoms with Crippen LogP contribution in [0.15, 0.2) is 97.2 Å². The highest BCUT2D eigenvalue weighted by Gasteiger charge is 2.09. The lowest BCUT2D eigenvalue weighted by Gasteiger charge is -2.10. The number of aldehydes is 1. The summed E-state index contributed by atoms with van der Waals surface area (Å²) < 4.78 is 13.7. The van der Waals surface area contributed by atoms with Crippen molar-refractivity contribution < 1.29 is 19.1 Å². The molecule has 0 radical (unpaired) electrons. The first-order valence-corrected chi connectivity index (χ1v) is 11.6. The van der Waals surface area contributed by atoms with Gasteiger partial charge in [0.25, 0.3) is 0 Å². The zero-order chi connectivity index (χ0) is 24.0. The number of rotatable bonds is 10. The lowest BCUT2D eigenvalue weighted by molar-refractivity contribution is -0.108. The van der Waals surface area contributed by atoms with E-state index in [1.165, 1.54) is 0 Å². The van der Waals surface area contributed by atoms with Crippen LogP contribution in [0.25, 0.3) is 21.7 Å². The molecule has 0 unspecified atom stereocenters. The fraction of sp³-hybridized carbons (Fsp3) is 0.133. The van der Waals surface area contributed by atoms with E-state index in [0.717, 1.165) is 45.9 Å². The van der Waals surface area contributed by atoms with Gasteiger partial charge in [0.15, 0.2) is 5.78 Å². The molecule has 0 aliphatic heterocycles. The minimum absolute atomic E-state index is 0.0175. The highest BCUT2D eigenvalue weighted by molar-refractivity contribution is 6.10. The van der Waals surface area contributed by atoms with Gasteiger partial charge >= 0.3 is 0 Å². The Morgan fingerprint density at radius 3 is 2.17 bits per heavy atom. The van der Waals surface area contributed by atoms with Gasteiger partial charge in [0.2, 0.25) is 0 Å². The molecule has 0 saturated heterocycles. The van der Waals surface area contributed by atoms with Crippen molar-refractivity contribution in [2.24, 2.45) is 0 Å². The van der Waals surface area contributed by atoms with E-state index >= 15 is 0 Å². The number of aromatic nitrogens is 1. The molecule has 0 N–H and O–H groups in total. The van der Waals surface area contributed by atoms with Crippen LogP contribution in [0.3, 0.4) is 0 Å². The number of benzene rings is 4. The molecule has 1 heterocycles. The summed E-state index contributed by atoms with van der Waals surface area (Å²) in [5, 5.41) is 3.10. The molecule has 0 saturated carbocycles. The average Bonchev–Trinajstić information content (AvgIpc) is 3.30. The van der Waals surface area contributed by atoms with Gasteiger partial charge in [-0.3, -0.25) is 4.79 Å². The monoisotopic (exact) mass is 463 g/mol. The summed E-state index contributed by atoms with van der Waals surface area (Å²) in [7, 11) is 0. The maximum absolute atomic E-state index is 12.7. The van der Waals surface area contributed by atoms with Crippen molar-refractivity contribution in [1.29, 1.82) is 0 Å². The van der Waals surface area contributed by atoms with Crippen molar-refractivity contribution in [2.75, 3.05) is 13.2 Å². The molecule has 4 aromatic carbocycles. The summed E-state index contributed by atoms with van der Waals surface area (Å²) in [5.41, 5.74) is 2.34. The second-order valence-electron chi connectivity index (χ2n) is 8.32. The van der Waals surface area contributed by atoms with E-state index in [-0.39, 0.29) is 5.78 Å². The molecule has 0 amide bonds. The molecule has 0 atom stereocenters. The number of ketones is 1. The molecular weight excluding hydrogens is 438 g/mol. The first kappa shape index (κ1) is 22.4. The Morgan fingerprint density at radius 1 is 0.714 bits per heavy atom. The molecule has 0 spiro atoms. The van der Waals surface area contributed by atoms with Crippen LogP contribution in [0.4, 0.5) is 0 Å². The van der Waals surface area contributed by atoms with E-state index in [0.29, 0.717) is 30.9 Å². The van der Waals surface area contributed by atoms with Gasteiger partial charge in [-0.2, -0.15) is 0 Å². The predicted molar refractivity (Wildman–Crippen MR) is 137 cm³/mol. The van der Waals surface area contributed by atoms with Gasteiger partial charge in [0.1, 0.15) is 17.8 Å². The highest BCUT2D eigenvalue weighted by atomic mass is 16.5. The van der Waals surface area contributed by atoms with Gasteiger partial charge < -0.3 is 18.8 Å². The van der Waals surface area contributed by atoms with Crippen LogP contribution < -0.4 is 9.47 Å². The molecule has 0 bridgehead atoms. The summed E-state index contributed by atoms with van der Waals surface area (Å²) in [6.45, 7) is 1.38. The van der Waals surface area contributed by atoms with E-state index in [4.69, 9.17) is 9.47 Å². The van der Waals surface area contributed by atoms with Gasteiger partial charge in [-0.15, -0.1) is 0 Å². The molecule has 5 heteroatoms. The van der Waals surface area contributed by atoms with E-state index in [1.807, 2.05) is 102 Å². The number of hydrogen-bond donors (Lipinski definition) is 0. The third kappa shape index (κ3) is 5.09. The number of carbonyl (C=O) groups excluding carboxylic acids is 2. The Morgan fingerprint density at radius 2 is 1.40 bits per heavy atom. The summed E-state index contributed by atoms with van der Waals surface area (Å²) in [5.74, 6) is 1.58. The van der Waals surface area contributed by atoms with Crippen molar-refractivity contribution in [3.63, 3.8) is 0 Å². The molecule has 1 aromatic heterocycles. The van der Waals surface area contributed by atoms with Crippen molar-refractivity contribution in [1.82, 2.24) is 4.57 Å². The SMILES string of the molecule is O=CCn1ccc2ccc(OCCCOc3ccc4cc(C(=O)c5ccccc5)ccc4c3)cc21. The molecule has 5 nitrogen and oxygen atoms in total. The van der Waals surface area contributed by atoms with E-state index in [2.05, 4.69) is 0 Å². The zero-order valence-corrected chi connectivity index (χ0v) is 19.2. The van der Waals surface area contributed by atoms with Gasteiger partial charge in [0, 0.05) is 29.8 Å². The third-order valence-corrected chi connectivity index (χ3v) is 5.95. The molecular formula is C30H25NO4. The predicted octanol–water partition coefficient (Wildman–Crippen LogP) is 6.07. The number of carbonyl (C=O) groups is 2. The lowest BCUT2D eigenvalue weighted by atomic mass is 10.00. The maximum Gasteiger partial charge on any atom is 0.193 e. The average molecular weight is 464 g/mol. The van der Waals surface area contributed by atoms with Gasteiger partial charge in [-0.1, -0.05) is 48.5 Å². The minimum Gasteiger partial charge on any atom is -0.493 e. The Bertz CT molecular complexity index is 1490. The zero-order valence-electron chi connectivity index (χ0n) is 19.2. The molecule has 0 aliphatic rings. The number of nitrogens with zero attached hydrogens (tertiary/aromatic N) is 1. The number of hydrogen-bond acceptors (Lipinski definition) is 4. The fourth-order valence-electron chi connectivity index (χ4n) is 4.14. The van der Waals surface area contributed by atoms with Crippen LogP contribution in [0.5, 0.6) is 11.5 Å². The normalized spacial score (nSPS) is 11.0. The van der Waals surface area contributed by atoms with Crippen LogP contribution in [0.1, 0.15) is 22.3 Å². The summed E-state index contributed by atoms with van der Waals surface area (Å²) in [4.78, 5) is 23.6. The van der Waals surface area contributed by atoms with Gasteiger partial charge in [0.05, 0.1) is 25.3 Å². The standard InChI is InChI=1S/C30H25NO4/c32-16-15-31-14-13-22-9-11-28(21-29(22)31)35-18-4-17-34-27-12-10-24-19-26(8-7-25(24)20-27)30(33)23-5-2-1-3-6-23/h1-3,5-14,16,19-21H,4,15,17-18H2. The molecule has 5 rings (SSSR count). The lowest BCUT2D eigenvalue weighted by Crippen LogP contribution is -2.05.